The van der Waals surface area contributed by atoms with Gasteiger partial charge in [-0.2, -0.15) is 5.10 Å². The van der Waals surface area contributed by atoms with Gasteiger partial charge < -0.3 is 5.32 Å². The average Bonchev–Trinajstić information content (AvgIpc) is 2.70. The van der Waals surface area contributed by atoms with E-state index >= 15 is 0 Å². The number of hydrogen-bond acceptors (Lipinski definition) is 3. The summed E-state index contributed by atoms with van der Waals surface area (Å²) in [6.45, 7) is 6.25. The minimum absolute atomic E-state index is 0.710. The lowest BCUT2D eigenvalue weighted by atomic mass is 10.4. The van der Waals surface area contributed by atoms with Crippen LogP contribution in [0.5, 0.6) is 0 Å². The summed E-state index contributed by atoms with van der Waals surface area (Å²) in [7, 11) is 0. The molecule has 1 aliphatic rings. The number of nitrogens with one attached hydrogen (secondary N) is 1. The van der Waals surface area contributed by atoms with E-state index in [2.05, 4.69) is 29.2 Å². The van der Waals surface area contributed by atoms with Crippen molar-refractivity contribution >= 4 is 0 Å². The molecule has 1 heterocycles. The van der Waals surface area contributed by atoms with E-state index in [0.29, 0.717) is 6.04 Å². The monoisotopic (exact) mass is 194 g/mol. The van der Waals surface area contributed by atoms with Crippen molar-refractivity contribution in [2.75, 3.05) is 0 Å². The Hall–Kier alpha value is -0.900. The molecule has 0 radical (unpaired) electrons. The van der Waals surface area contributed by atoms with Crippen LogP contribution in [0.25, 0.3) is 0 Å². The summed E-state index contributed by atoms with van der Waals surface area (Å²) in [5.74, 6) is 1.91. The van der Waals surface area contributed by atoms with Crippen molar-refractivity contribution in [1.82, 2.24) is 20.1 Å². The lowest BCUT2D eigenvalue weighted by Crippen LogP contribution is -2.20. The van der Waals surface area contributed by atoms with Crippen molar-refractivity contribution in [1.29, 1.82) is 0 Å². The second kappa shape index (κ2) is 4.09. The van der Waals surface area contributed by atoms with E-state index in [-0.39, 0.29) is 0 Å². The molecule has 1 N–H and O–H groups in total. The number of hydrogen-bond donors (Lipinski definition) is 1. The third kappa shape index (κ3) is 2.12. The van der Waals surface area contributed by atoms with Crippen LogP contribution >= 0.6 is 0 Å². The van der Waals surface area contributed by atoms with Crippen molar-refractivity contribution in [3.63, 3.8) is 0 Å². The number of aromatic nitrogens is 3. The van der Waals surface area contributed by atoms with Gasteiger partial charge in [-0.3, -0.25) is 0 Å². The molecule has 14 heavy (non-hydrogen) atoms. The van der Waals surface area contributed by atoms with Gasteiger partial charge in [0.1, 0.15) is 12.2 Å². The molecule has 0 bridgehead atoms. The second-order valence-corrected chi connectivity index (χ2v) is 4.10. The van der Waals surface area contributed by atoms with E-state index in [1.54, 1.807) is 6.33 Å². The molecule has 1 fully saturated rings. The van der Waals surface area contributed by atoms with Gasteiger partial charge in [0.25, 0.3) is 0 Å². The molecule has 0 saturated heterocycles. The van der Waals surface area contributed by atoms with Gasteiger partial charge in [-0.25, -0.2) is 9.67 Å². The molecule has 0 aliphatic heterocycles. The molecule has 1 aromatic heterocycles. The topological polar surface area (TPSA) is 42.7 Å². The smallest absolute Gasteiger partial charge is 0.140 e. The molecule has 78 valence electrons. The van der Waals surface area contributed by atoms with E-state index < -0.39 is 0 Å². The average molecular weight is 194 g/mol. The molecule has 4 nitrogen and oxygen atoms in total. The Morgan fingerprint density at radius 1 is 1.64 bits per heavy atom. The van der Waals surface area contributed by atoms with Crippen molar-refractivity contribution in [3.05, 3.63) is 12.2 Å². The third-order valence-corrected chi connectivity index (χ3v) is 2.76. The highest BCUT2D eigenvalue weighted by atomic mass is 15.3. The van der Waals surface area contributed by atoms with Gasteiger partial charge >= 0.3 is 0 Å². The van der Waals surface area contributed by atoms with Crippen LogP contribution in [0.3, 0.4) is 0 Å². The van der Waals surface area contributed by atoms with E-state index in [9.17, 15) is 0 Å². The van der Waals surface area contributed by atoms with Gasteiger partial charge in [0, 0.05) is 12.6 Å². The summed E-state index contributed by atoms with van der Waals surface area (Å²) in [5, 5.41) is 7.67. The van der Waals surface area contributed by atoms with Gasteiger partial charge in [0.15, 0.2) is 0 Å². The normalized spacial score (nSPS) is 25.3. The SMILES string of the molecule is CCCn1ncnc1CNC1CC1C. The van der Waals surface area contributed by atoms with Gasteiger partial charge in [-0.05, 0) is 18.8 Å². The first kappa shape index (κ1) is 9.65. The summed E-state index contributed by atoms with van der Waals surface area (Å²) in [6, 6.07) is 0.710. The molecule has 0 amide bonds. The Labute approximate surface area is 84.7 Å². The van der Waals surface area contributed by atoms with Gasteiger partial charge in [0.05, 0.1) is 6.54 Å². The first-order valence-corrected chi connectivity index (χ1v) is 5.41. The summed E-state index contributed by atoms with van der Waals surface area (Å²) >= 11 is 0. The first-order chi connectivity index (χ1) is 6.81. The van der Waals surface area contributed by atoms with Crippen LogP contribution < -0.4 is 5.32 Å². The van der Waals surface area contributed by atoms with E-state index in [1.807, 2.05) is 4.68 Å². The molecule has 1 aliphatic carbocycles. The maximum atomic E-state index is 4.25. The summed E-state index contributed by atoms with van der Waals surface area (Å²) in [4.78, 5) is 4.25. The maximum absolute atomic E-state index is 4.25. The molecule has 1 saturated carbocycles. The molecular formula is C10H18N4. The molecule has 2 rings (SSSR count). The summed E-state index contributed by atoms with van der Waals surface area (Å²) in [6.07, 6.45) is 4.06. The Balaban J connectivity index is 1.85. The second-order valence-electron chi connectivity index (χ2n) is 4.10. The highest BCUT2D eigenvalue weighted by molar-refractivity contribution is 4.93. The van der Waals surface area contributed by atoms with Crippen LogP contribution in [-0.4, -0.2) is 20.8 Å². The Kier molecular flexibility index (Phi) is 2.82. The molecule has 2 unspecified atom stereocenters. The Morgan fingerprint density at radius 2 is 2.43 bits per heavy atom. The fourth-order valence-corrected chi connectivity index (χ4v) is 1.65. The van der Waals surface area contributed by atoms with Crippen LogP contribution in [0.15, 0.2) is 6.33 Å². The number of rotatable bonds is 5. The van der Waals surface area contributed by atoms with E-state index in [4.69, 9.17) is 0 Å². The third-order valence-electron chi connectivity index (χ3n) is 2.76. The zero-order valence-corrected chi connectivity index (χ0v) is 8.90. The zero-order valence-electron chi connectivity index (χ0n) is 8.90. The summed E-state index contributed by atoms with van der Waals surface area (Å²) < 4.78 is 1.99. The molecular weight excluding hydrogens is 176 g/mol. The summed E-state index contributed by atoms with van der Waals surface area (Å²) in [5.41, 5.74) is 0. The van der Waals surface area contributed by atoms with Crippen molar-refractivity contribution in [3.8, 4) is 0 Å². The first-order valence-electron chi connectivity index (χ1n) is 5.41. The van der Waals surface area contributed by atoms with Crippen molar-refractivity contribution < 1.29 is 0 Å². The number of nitrogens with zero attached hydrogens (tertiary/aromatic N) is 3. The standard InChI is InChI=1S/C10H18N4/c1-3-4-14-10(12-7-13-14)6-11-9-5-8(9)2/h7-9,11H,3-6H2,1-2H3. The molecule has 0 aromatic carbocycles. The minimum Gasteiger partial charge on any atom is -0.307 e. The minimum atomic E-state index is 0.710. The molecule has 0 spiro atoms. The van der Waals surface area contributed by atoms with Gasteiger partial charge in [-0.1, -0.05) is 13.8 Å². The fraction of sp³-hybridized carbons (Fsp3) is 0.800. The van der Waals surface area contributed by atoms with Crippen LogP contribution in [-0.2, 0) is 13.1 Å². The predicted molar refractivity (Wildman–Crippen MR) is 54.7 cm³/mol. The van der Waals surface area contributed by atoms with Crippen LogP contribution in [0, 0.1) is 5.92 Å². The molecule has 1 aromatic rings. The Bertz CT molecular complexity index is 294. The van der Waals surface area contributed by atoms with Crippen LogP contribution in [0.2, 0.25) is 0 Å². The lowest BCUT2D eigenvalue weighted by molar-refractivity contribution is 0.536. The fourth-order valence-electron chi connectivity index (χ4n) is 1.65. The van der Waals surface area contributed by atoms with Crippen LogP contribution in [0.4, 0.5) is 0 Å². The van der Waals surface area contributed by atoms with Gasteiger partial charge in [-0.15, -0.1) is 0 Å². The van der Waals surface area contributed by atoms with Gasteiger partial charge in [0.2, 0.25) is 0 Å². The number of aryl methyl sites for hydroxylation is 1. The van der Waals surface area contributed by atoms with Crippen molar-refractivity contribution in [2.45, 2.75) is 45.8 Å². The van der Waals surface area contributed by atoms with Crippen molar-refractivity contribution in [2.24, 2.45) is 5.92 Å². The van der Waals surface area contributed by atoms with E-state index in [1.165, 1.54) is 6.42 Å². The maximum Gasteiger partial charge on any atom is 0.140 e. The largest absolute Gasteiger partial charge is 0.307 e. The predicted octanol–water partition coefficient (Wildman–Crippen LogP) is 1.19. The van der Waals surface area contributed by atoms with Crippen LogP contribution in [0.1, 0.15) is 32.5 Å². The highest BCUT2D eigenvalue weighted by Crippen LogP contribution is 2.29. The lowest BCUT2D eigenvalue weighted by Gasteiger charge is -2.05. The van der Waals surface area contributed by atoms with E-state index in [0.717, 1.165) is 31.3 Å². The zero-order chi connectivity index (χ0) is 9.97. The quantitative estimate of drug-likeness (QED) is 0.765. The Morgan fingerprint density at radius 3 is 3.07 bits per heavy atom. The molecule has 4 heteroatoms. The highest BCUT2D eigenvalue weighted by Gasteiger charge is 2.31. The molecule has 2 atom stereocenters.